The maximum atomic E-state index is 11.7. The SMILES string of the molecule is CC(C)(C)OC(=O)NCCC(=O)NCCNC(=O)c1ccncc1. The first-order valence-corrected chi connectivity index (χ1v) is 7.70. The number of alkyl carbamates (subject to hydrolysis) is 1. The van der Waals surface area contributed by atoms with Crippen LogP contribution in [-0.2, 0) is 9.53 Å². The van der Waals surface area contributed by atoms with Crippen LogP contribution in [0.15, 0.2) is 24.5 Å². The van der Waals surface area contributed by atoms with Crippen LogP contribution >= 0.6 is 0 Å². The molecule has 0 unspecified atom stereocenters. The summed E-state index contributed by atoms with van der Waals surface area (Å²) in [5, 5.41) is 7.84. The second-order valence-corrected chi connectivity index (χ2v) is 6.02. The third-order valence-corrected chi connectivity index (χ3v) is 2.70. The standard InChI is InChI=1S/C16H24N4O4/c1-16(2,3)24-15(23)20-9-6-13(21)18-10-11-19-14(22)12-4-7-17-8-5-12/h4-5,7-8H,6,9-11H2,1-3H3,(H,18,21)(H,19,22)(H,20,23). The molecule has 0 atom stereocenters. The third-order valence-electron chi connectivity index (χ3n) is 2.70. The largest absolute Gasteiger partial charge is 0.444 e. The smallest absolute Gasteiger partial charge is 0.407 e. The van der Waals surface area contributed by atoms with Crippen LogP contribution in [0.25, 0.3) is 0 Å². The molecular formula is C16H24N4O4. The van der Waals surface area contributed by atoms with Gasteiger partial charge < -0.3 is 20.7 Å². The number of nitrogens with one attached hydrogen (secondary N) is 3. The molecule has 1 heterocycles. The number of hydrogen-bond acceptors (Lipinski definition) is 5. The van der Waals surface area contributed by atoms with Crippen molar-refractivity contribution in [2.24, 2.45) is 0 Å². The summed E-state index contributed by atoms with van der Waals surface area (Å²) in [6.45, 7) is 6.09. The van der Waals surface area contributed by atoms with Crippen molar-refractivity contribution in [3.05, 3.63) is 30.1 Å². The molecule has 0 aliphatic carbocycles. The van der Waals surface area contributed by atoms with Crippen molar-refractivity contribution in [2.75, 3.05) is 19.6 Å². The van der Waals surface area contributed by atoms with E-state index in [1.54, 1.807) is 32.9 Å². The van der Waals surface area contributed by atoms with E-state index in [1.807, 2.05) is 0 Å². The van der Waals surface area contributed by atoms with E-state index in [0.717, 1.165) is 0 Å². The summed E-state index contributed by atoms with van der Waals surface area (Å²) < 4.78 is 5.05. The van der Waals surface area contributed by atoms with Crippen LogP contribution in [0.1, 0.15) is 37.6 Å². The highest BCUT2D eigenvalue weighted by atomic mass is 16.6. The maximum absolute atomic E-state index is 11.7. The summed E-state index contributed by atoms with van der Waals surface area (Å²) in [5.41, 5.74) is -0.0581. The van der Waals surface area contributed by atoms with Crippen LogP contribution in [0.3, 0.4) is 0 Å². The third kappa shape index (κ3) is 8.72. The number of nitrogens with zero attached hydrogens (tertiary/aromatic N) is 1. The number of amides is 3. The van der Waals surface area contributed by atoms with Gasteiger partial charge in [0.25, 0.3) is 5.91 Å². The van der Waals surface area contributed by atoms with Crippen LogP contribution in [0, 0.1) is 0 Å². The number of ether oxygens (including phenoxy) is 1. The van der Waals surface area contributed by atoms with Crippen LogP contribution < -0.4 is 16.0 Å². The number of aromatic nitrogens is 1. The van der Waals surface area contributed by atoms with E-state index in [0.29, 0.717) is 18.7 Å². The van der Waals surface area contributed by atoms with Gasteiger partial charge in [0.2, 0.25) is 5.91 Å². The average Bonchev–Trinajstić information content (AvgIpc) is 2.50. The summed E-state index contributed by atoms with van der Waals surface area (Å²) in [5.74, 6) is -0.442. The van der Waals surface area contributed by atoms with Crippen molar-refractivity contribution in [1.29, 1.82) is 0 Å². The van der Waals surface area contributed by atoms with Crippen molar-refractivity contribution >= 4 is 17.9 Å². The van der Waals surface area contributed by atoms with Gasteiger partial charge in [0.15, 0.2) is 0 Å². The Balaban J connectivity index is 2.10. The molecule has 24 heavy (non-hydrogen) atoms. The zero-order chi connectivity index (χ0) is 18.0. The van der Waals surface area contributed by atoms with E-state index in [-0.39, 0.29) is 24.8 Å². The van der Waals surface area contributed by atoms with Crippen molar-refractivity contribution in [3.8, 4) is 0 Å². The Morgan fingerprint density at radius 1 is 1.00 bits per heavy atom. The normalized spacial score (nSPS) is 10.6. The summed E-state index contributed by atoms with van der Waals surface area (Å²) in [6.07, 6.45) is 2.65. The Bertz CT molecular complexity index is 555. The first-order chi connectivity index (χ1) is 11.3. The van der Waals surface area contributed by atoms with Gasteiger partial charge in [-0.15, -0.1) is 0 Å². The number of rotatable bonds is 7. The molecule has 1 rings (SSSR count). The van der Waals surface area contributed by atoms with Crippen molar-refractivity contribution in [2.45, 2.75) is 32.8 Å². The van der Waals surface area contributed by atoms with Gasteiger partial charge >= 0.3 is 6.09 Å². The van der Waals surface area contributed by atoms with Gasteiger partial charge in [-0.25, -0.2) is 4.79 Å². The van der Waals surface area contributed by atoms with Gasteiger partial charge in [-0.05, 0) is 32.9 Å². The van der Waals surface area contributed by atoms with Gasteiger partial charge in [-0.2, -0.15) is 0 Å². The molecule has 1 aromatic rings. The Kier molecular flexibility index (Phi) is 7.67. The minimum Gasteiger partial charge on any atom is -0.444 e. The molecule has 8 nitrogen and oxygen atoms in total. The quantitative estimate of drug-likeness (QED) is 0.639. The zero-order valence-electron chi connectivity index (χ0n) is 14.2. The first kappa shape index (κ1) is 19.4. The zero-order valence-corrected chi connectivity index (χ0v) is 14.2. The Labute approximate surface area is 141 Å². The summed E-state index contributed by atoms with van der Waals surface area (Å²) in [6, 6.07) is 3.21. The fraction of sp³-hybridized carbons (Fsp3) is 0.500. The average molecular weight is 336 g/mol. The van der Waals surface area contributed by atoms with Crippen molar-refractivity contribution < 1.29 is 19.1 Å². The van der Waals surface area contributed by atoms with E-state index in [1.165, 1.54) is 12.4 Å². The molecule has 0 spiro atoms. The summed E-state index contributed by atoms with van der Waals surface area (Å²) >= 11 is 0. The Morgan fingerprint density at radius 3 is 2.25 bits per heavy atom. The van der Waals surface area contributed by atoms with Crippen LogP contribution in [0.5, 0.6) is 0 Å². The molecule has 132 valence electrons. The molecule has 8 heteroatoms. The van der Waals surface area contributed by atoms with Gasteiger partial charge in [0.05, 0.1) is 0 Å². The minimum absolute atomic E-state index is 0.136. The summed E-state index contributed by atoms with van der Waals surface area (Å²) in [4.78, 5) is 38.6. The molecule has 3 N–H and O–H groups in total. The molecule has 0 radical (unpaired) electrons. The van der Waals surface area contributed by atoms with Gasteiger partial charge in [-0.1, -0.05) is 0 Å². The lowest BCUT2D eigenvalue weighted by Gasteiger charge is -2.19. The minimum atomic E-state index is -0.570. The molecular weight excluding hydrogens is 312 g/mol. The predicted molar refractivity (Wildman–Crippen MR) is 88.4 cm³/mol. The van der Waals surface area contributed by atoms with Crippen molar-refractivity contribution in [1.82, 2.24) is 20.9 Å². The molecule has 0 fully saturated rings. The molecule has 0 aliphatic heterocycles. The van der Waals surface area contributed by atoms with Crippen LogP contribution in [0.4, 0.5) is 4.79 Å². The second-order valence-electron chi connectivity index (χ2n) is 6.02. The lowest BCUT2D eigenvalue weighted by molar-refractivity contribution is -0.120. The van der Waals surface area contributed by atoms with E-state index in [4.69, 9.17) is 4.74 Å². The van der Waals surface area contributed by atoms with Crippen LogP contribution in [0.2, 0.25) is 0 Å². The number of hydrogen-bond donors (Lipinski definition) is 3. The van der Waals surface area contributed by atoms with Gasteiger partial charge in [0.1, 0.15) is 5.60 Å². The molecule has 3 amide bonds. The monoisotopic (exact) mass is 336 g/mol. The van der Waals surface area contributed by atoms with E-state index in [9.17, 15) is 14.4 Å². The molecule has 0 aromatic carbocycles. The second kappa shape index (κ2) is 9.49. The number of carbonyl (C=O) groups is 3. The highest BCUT2D eigenvalue weighted by Gasteiger charge is 2.15. The highest BCUT2D eigenvalue weighted by molar-refractivity contribution is 5.93. The predicted octanol–water partition coefficient (Wildman–Crippen LogP) is 0.842. The van der Waals surface area contributed by atoms with E-state index in [2.05, 4.69) is 20.9 Å². The van der Waals surface area contributed by atoms with Crippen LogP contribution in [-0.4, -0.2) is 48.1 Å². The number of carbonyl (C=O) groups excluding carboxylic acids is 3. The molecule has 0 saturated heterocycles. The fourth-order valence-electron chi connectivity index (χ4n) is 1.66. The first-order valence-electron chi connectivity index (χ1n) is 7.70. The van der Waals surface area contributed by atoms with E-state index < -0.39 is 11.7 Å². The van der Waals surface area contributed by atoms with E-state index >= 15 is 0 Å². The summed E-state index contributed by atoms with van der Waals surface area (Å²) in [7, 11) is 0. The lowest BCUT2D eigenvalue weighted by Crippen LogP contribution is -2.37. The van der Waals surface area contributed by atoms with Gasteiger partial charge in [-0.3, -0.25) is 14.6 Å². The Morgan fingerprint density at radius 2 is 1.62 bits per heavy atom. The topological polar surface area (TPSA) is 109 Å². The maximum Gasteiger partial charge on any atom is 0.407 e. The fourth-order valence-corrected chi connectivity index (χ4v) is 1.66. The molecule has 0 bridgehead atoms. The Hall–Kier alpha value is -2.64. The highest BCUT2D eigenvalue weighted by Crippen LogP contribution is 2.06. The van der Waals surface area contributed by atoms with Gasteiger partial charge in [0, 0.05) is 44.0 Å². The van der Waals surface area contributed by atoms with Crippen molar-refractivity contribution in [3.63, 3.8) is 0 Å². The molecule has 0 aliphatic rings. The molecule has 1 aromatic heterocycles. The lowest BCUT2D eigenvalue weighted by atomic mass is 10.2. The molecule has 0 saturated carbocycles. The number of pyridine rings is 1.